The van der Waals surface area contributed by atoms with Crippen LogP contribution < -0.4 is 10.1 Å². The van der Waals surface area contributed by atoms with Crippen LogP contribution in [-0.2, 0) is 0 Å². The molecule has 1 atom stereocenters. The summed E-state index contributed by atoms with van der Waals surface area (Å²) in [5.74, 6) is 0.681. The normalized spacial score (nSPS) is 17.3. The van der Waals surface area contributed by atoms with Crippen LogP contribution in [0.4, 0.5) is 10.1 Å². The van der Waals surface area contributed by atoms with Gasteiger partial charge < -0.3 is 10.1 Å². The highest BCUT2D eigenvalue weighted by Gasteiger charge is 2.22. The Bertz CT molecular complexity index is 607. The van der Waals surface area contributed by atoms with E-state index in [-0.39, 0.29) is 11.9 Å². The summed E-state index contributed by atoms with van der Waals surface area (Å²) in [5, 5.41) is 3.38. The molecule has 3 heteroatoms. The summed E-state index contributed by atoms with van der Waals surface area (Å²) in [5.41, 5.74) is 4.37. The van der Waals surface area contributed by atoms with Crippen molar-refractivity contribution in [1.82, 2.24) is 0 Å². The molecular weight excluding hydrogens is 241 g/mol. The van der Waals surface area contributed by atoms with Crippen molar-refractivity contribution in [2.75, 3.05) is 11.9 Å². The van der Waals surface area contributed by atoms with Gasteiger partial charge in [0.25, 0.3) is 0 Å². The molecule has 19 heavy (non-hydrogen) atoms. The predicted octanol–water partition coefficient (Wildman–Crippen LogP) is 3.99. The minimum atomic E-state index is -0.222. The number of benzene rings is 2. The fourth-order valence-electron chi connectivity index (χ4n) is 2.33. The molecule has 2 aromatic rings. The Morgan fingerprint density at radius 1 is 1.11 bits per heavy atom. The molecule has 0 saturated carbocycles. The van der Waals surface area contributed by atoms with E-state index in [4.69, 9.17) is 4.74 Å². The zero-order valence-corrected chi connectivity index (χ0v) is 11.0. The van der Waals surface area contributed by atoms with Gasteiger partial charge in [-0.05, 0) is 48.7 Å². The van der Waals surface area contributed by atoms with Crippen molar-refractivity contribution in [2.24, 2.45) is 0 Å². The van der Waals surface area contributed by atoms with E-state index in [9.17, 15) is 4.39 Å². The maximum atomic E-state index is 13.0. The van der Waals surface area contributed by atoms with Gasteiger partial charge in [0.05, 0.1) is 12.2 Å². The smallest absolute Gasteiger partial charge is 0.146 e. The average Bonchev–Trinajstić information content (AvgIpc) is 2.44. The SMILES string of the molecule is Cc1ccc2c(c1C)OC(c1ccc(F)cc1)CN2. The summed E-state index contributed by atoms with van der Waals surface area (Å²) in [4.78, 5) is 0. The van der Waals surface area contributed by atoms with Crippen molar-refractivity contribution >= 4 is 5.69 Å². The summed E-state index contributed by atoms with van der Waals surface area (Å²) >= 11 is 0. The summed E-state index contributed by atoms with van der Waals surface area (Å²) < 4.78 is 19.0. The number of rotatable bonds is 1. The molecule has 1 unspecified atom stereocenters. The number of fused-ring (bicyclic) bond motifs is 1. The van der Waals surface area contributed by atoms with Crippen LogP contribution in [0, 0.1) is 19.7 Å². The molecule has 0 saturated heterocycles. The molecule has 1 heterocycles. The Hall–Kier alpha value is -2.03. The van der Waals surface area contributed by atoms with Crippen LogP contribution in [0.2, 0.25) is 0 Å². The van der Waals surface area contributed by atoms with Gasteiger partial charge in [-0.1, -0.05) is 18.2 Å². The molecule has 0 aromatic heterocycles. The van der Waals surface area contributed by atoms with Gasteiger partial charge in [-0.2, -0.15) is 0 Å². The number of anilines is 1. The van der Waals surface area contributed by atoms with E-state index in [1.807, 2.05) is 6.07 Å². The molecule has 0 bridgehead atoms. The molecule has 0 radical (unpaired) electrons. The van der Waals surface area contributed by atoms with Crippen molar-refractivity contribution in [3.8, 4) is 5.75 Å². The van der Waals surface area contributed by atoms with Crippen molar-refractivity contribution in [3.05, 3.63) is 58.9 Å². The molecule has 1 N–H and O–H groups in total. The summed E-state index contributed by atoms with van der Waals surface area (Å²) in [6.07, 6.45) is -0.0754. The predicted molar refractivity (Wildman–Crippen MR) is 74.2 cm³/mol. The molecule has 2 nitrogen and oxygen atoms in total. The first-order valence-electron chi connectivity index (χ1n) is 6.41. The van der Waals surface area contributed by atoms with Gasteiger partial charge in [0.15, 0.2) is 0 Å². The van der Waals surface area contributed by atoms with Crippen LogP contribution in [0.1, 0.15) is 22.8 Å². The molecule has 1 aliphatic heterocycles. The average molecular weight is 257 g/mol. The molecule has 0 amide bonds. The standard InChI is InChI=1S/C16H16FNO/c1-10-3-8-14-16(11(10)2)19-15(9-18-14)12-4-6-13(17)7-5-12/h3-8,15,18H,9H2,1-2H3. The van der Waals surface area contributed by atoms with Gasteiger partial charge in [-0.3, -0.25) is 0 Å². The summed E-state index contributed by atoms with van der Waals surface area (Å²) in [7, 11) is 0. The van der Waals surface area contributed by atoms with Gasteiger partial charge in [0.1, 0.15) is 17.7 Å². The molecule has 2 aromatic carbocycles. The second kappa shape index (κ2) is 4.57. The monoisotopic (exact) mass is 257 g/mol. The third-order valence-electron chi connectivity index (χ3n) is 3.66. The maximum absolute atomic E-state index is 13.0. The lowest BCUT2D eigenvalue weighted by molar-refractivity contribution is 0.208. The van der Waals surface area contributed by atoms with Gasteiger partial charge in [0, 0.05) is 0 Å². The lowest BCUT2D eigenvalue weighted by Gasteiger charge is -2.29. The number of ether oxygens (including phenoxy) is 1. The molecular formula is C16H16FNO. The van der Waals surface area contributed by atoms with Crippen molar-refractivity contribution < 1.29 is 9.13 Å². The Labute approximate surface area is 112 Å². The Balaban J connectivity index is 1.93. The Kier molecular flexibility index (Phi) is 2.90. The largest absolute Gasteiger partial charge is 0.481 e. The number of hydrogen-bond acceptors (Lipinski definition) is 2. The zero-order valence-electron chi connectivity index (χ0n) is 11.0. The minimum Gasteiger partial charge on any atom is -0.481 e. The third-order valence-corrected chi connectivity index (χ3v) is 3.66. The van der Waals surface area contributed by atoms with E-state index in [2.05, 4.69) is 25.2 Å². The lowest BCUT2D eigenvalue weighted by atomic mass is 10.0. The minimum absolute atomic E-state index is 0.0754. The van der Waals surface area contributed by atoms with Crippen LogP contribution in [0.15, 0.2) is 36.4 Å². The fraction of sp³-hybridized carbons (Fsp3) is 0.250. The molecule has 98 valence electrons. The van der Waals surface area contributed by atoms with E-state index >= 15 is 0 Å². The van der Waals surface area contributed by atoms with Gasteiger partial charge in [-0.25, -0.2) is 4.39 Å². The number of aryl methyl sites for hydroxylation is 1. The number of nitrogens with one attached hydrogen (secondary N) is 1. The zero-order chi connectivity index (χ0) is 13.4. The second-order valence-corrected chi connectivity index (χ2v) is 4.92. The number of hydrogen-bond donors (Lipinski definition) is 1. The lowest BCUT2D eigenvalue weighted by Crippen LogP contribution is -2.24. The van der Waals surface area contributed by atoms with Crippen LogP contribution in [0.5, 0.6) is 5.75 Å². The summed E-state index contributed by atoms with van der Waals surface area (Å²) in [6.45, 7) is 4.82. The van der Waals surface area contributed by atoms with Crippen LogP contribution >= 0.6 is 0 Å². The quantitative estimate of drug-likeness (QED) is 0.834. The number of halogens is 1. The van der Waals surface area contributed by atoms with E-state index in [0.717, 1.165) is 22.6 Å². The molecule has 0 spiro atoms. The van der Waals surface area contributed by atoms with E-state index in [0.29, 0.717) is 6.54 Å². The van der Waals surface area contributed by atoms with Crippen LogP contribution in [-0.4, -0.2) is 6.54 Å². The highest BCUT2D eigenvalue weighted by Crippen LogP contribution is 2.38. The fourth-order valence-corrected chi connectivity index (χ4v) is 2.33. The first kappa shape index (κ1) is 12.0. The van der Waals surface area contributed by atoms with Gasteiger partial charge >= 0.3 is 0 Å². The second-order valence-electron chi connectivity index (χ2n) is 4.92. The molecule has 0 fully saturated rings. The van der Waals surface area contributed by atoms with Gasteiger partial charge in [-0.15, -0.1) is 0 Å². The maximum Gasteiger partial charge on any atom is 0.146 e. The van der Waals surface area contributed by atoms with E-state index in [1.54, 1.807) is 12.1 Å². The van der Waals surface area contributed by atoms with Gasteiger partial charge in [0.2, 0.25) is 0 Å². The Morgan fingerprint density at radius 3 is 2.58 bits per heavy atom. The molecule has 1 aliphatic rings. The van der Waals surface area contributed by atoms with Crippen molar-refractivity contribution in [1.29, 1.82) is 0 Å². The Morgan fingerprint density at radius 2 is 1.84 bits per heavy atom. The first-order chi connectivity index (χ1) is 9.15. The third kappa shape index (κ3) is 2.16. The van der Waals surface area contributed by atoms with Crippen molar-refractivity contribution in [3.63, 3.8) is 0 Å². The topological polar surface area (TPSA) is 21.3 Å². The highest BCUT2D eigenvalue weighted by molar-refractivity contribution is 5.63. The summed E-state index contributed by atoms with van der Waals surface area (Å²) in [6, 6.07) is 10.6. The first-order valence-corrected chi connectivity index (χ1v) is 6.41. The highest BCUT2D eigenvalue weighted by atomic mass is 19.1. The molecule has 3 rings (SSSR count). The van der Waals surface area contributed by atoms with E-state index < -0.39 is 0 Å². The van der Waals surface area contributed by atoms with Crippen LogP contribution in [0.3, 0.4) is 0 Å². The molecule has 0 aliphatic carbocycles. The van der Waals surface area contributed by atoms with Crippen molar-refractivity contribution in [2.45, 2.75) is 20.0 Å². The van der Waals surface area contributed by atoms with E-state index in [1.165, 1.54) is 17.7 Å². The van der Waals surface area contributed by atoms with Crippen LogP contribution in [0.25, 0.3) is 0 Å².